The number of hydrogen-bond donors (Lipinski definition) is 0. The van der Waals surface area contributed by atoms with Crippen LogP contribution in [0.3, 0.4) is 0 Å². The van der Waals surface area contributed by atoms with E-state index >= 15 is 0 Å². The van der Waals surface area contributed by atoms with Gasteiger partial charge in [0.25, 0.3) is 0 Å². The lowest BCUT2D eigenvalue weighted by Crippen LogP contribution is -2.34. The third-order valence-electron chi connectivity index (χ3n) is 4.78. The largest absolute Gasteiger partial charge is 0.358 e. The number of benzene rings is 1. The Hall–Kier alpha value is -1.35. The van der Waals surface area contributed by atoms with Gasteiger partial charge in [-0.05, 0) is 12.0 Å². The molecular formula is C21H33NO2. The second-order valence-corrected chi connectivity index (χ2v) is 6.85. The van der Waals surface area contributed by atoms with Crippen molar-refractivity contribution in [3.05, 3.63) is 35.9 Å². The molecule has 0 N–H and O–H groups in total. The van der Waals surface area contributed by atoms with E-state index in [4.69, 9.17) is 4.74 Å². The number of rotatable bonds is 12. The van der Waals surface area contributed by atoms with Gasteiger partial charge in [-0.2, -0.15) is 0 Å². The fourth-order valence-electron chi connectivity index (χ4n) is 3.31. The molecule has 3 heteroatoms. The number of carbonyl (C=O) groups is 1. The van der Waals surface area contributed by atoms with Gasteiger partial charge in [-0.15, -0.1) is 0 Å². The minimum Gasteiger partial charge on any atom is -0.358 e. The Morgan fingerprint density at radius 2 is 1.67 bits per heavy atom. The minimum atomic E-state index is -0.0257. The maximum atomic E-state index is 12.1. The highest BCUT2D eigenvalue weighted by molar-refractivity contribution is 5.78. The standard InChI is InChI=1S/C21H33NO2/c1-2-3-4-5-6-7-8-12-17-24-21-16-15-20(23)22(21)18-19-13-10-9-11-14-19/h9-11,13-14,21H,2-8,12,15-18H2,1H3. The highest BCUT2D eigenvalue weighted by atomic mass is 16.5. The smallest absolute Gasteiger partial charge is 0.225 e. The number of hydrogen-bond acceptors (Lipinski definition) is 2. The summed E-state index contributed by atoms with van der Waals surface area (Å²) < 4.78 is 6.01. The normalized spacial score (nSPS) is 17.6. The Morgan fingerprint density at radius 1 is 1.00 bits per heavy atom. The maximum absolute atomic E-state index is 12.1. The van der Waals surface area contributed by atoms with Crippen LogP contribution in [0.5, 0.6) is 0 Å². The number of likely N-dealkylation sites (tertiary alicyclic amines) is 1. The molecular weight excluding hydrogens is 298 g/mol. The van der Waals surface area contributed by atoms with Gasteiger partial charge in [0.05, 0.1) is 0 Å². The van der Waals surface area contributed by atoms with Crippen LogP contribution in [0.2, 0.25) is 0 Å². The van der Waals surface area contributed by atoms with Crippen LogP contribution in [0, 0.1) is 0 Å². The molecule has 2 rings (SSSR count). The highest BCUT2D eigenvalue weighted by Crippen LogP contribution is 2.22. The lowest BCUT2D eigenvalue weighted by molar-refractivity contribution is -0.137. The monoisotopic (exact) mass is 331 g/mol. The minimum absolute atomic E-state index is 0.0257. The summed E-state index contributed by atoms with van der Waals surface area (Å²) in [6.45, 7) is 3.70. The molecule has 1 heterocycles. The van der Waals surface area contributed by atoms with E-state index in [0.717, 1.165) is 19.4 Å². The van der Waals surface area contributed by atoms with Crippen molar-refractivity contribution in [3.63, 3.8) is 0 Å². The molecule has 1 aliphatic heterocycles. The summed E-state index contributed by atoms with van der Waals surface area (Å²) in [5.41, 5.74) is 1.17. The Balaban J connectivity index is 1.60. The molecule has 0 bridgehead atoms. The molecule has 1 fully saturated rings. The van der Waals surface area contributed by atoms with Crippen LogP contribution in [-0.4, -0.2) is 23.6 Å². The fraction of sp³-hybridized carbons (Fsp3) is 0.667. The first-order valence-electron chi connectivity index (χ1n) is 9.76. The van der Waals surface area contributed by atoms with E-state index in [1.807, 2.05) is 23.1 Å². The first-order chi connectivity index (χ1) is 11.8. The summed E-state index contributed by atoms with van der Waals surface area (Å²) in [6.07, 6.45) is 11.9. The van der Waals surface area contributed by atoms with Crippen molar-refractivity contribution in [2.75, 3.05) is 6.61 Å². The van der Waals surface area contributed by atoms with Crippen molar-refractivity contribution >= 4 is 5.91 Å². The molecule has 1 atom stereocenters. The molecule has 1 saturated heterocycles. The zero-order chi connectivity index (χ0) is 17.0. The molecule has 0 aliphatic carbocycles. The van der Waals surface area contributed by atoms with Gasteiger partial charge in [-0.25, -0.2) is 0 Å². The first kappa shape index (κ1) is 19.0. The Bertz CT molecular complexity index is 460. The van der Waals surface area contributed by atoms with Gasteiger partial charge in [0.1, 0.15) is 6.23 Å². The second kappa shape index (κ2) is 11.2. The van der Waals surface area contributed by atoms with E-state index in [9.17, 15) is 4.79 Å². The summed E-state index contributed by atoms with van der Waals surface area (Å²) in [7, 11) is 0. The Morgan fingerprint density at radius 3 is 2.38 bits per heavy atom. The molecule has 1 aliphatic rings. The number of ether oxygens (including phenoxy) is 1. The molecule has 1 unspecified atom stereocenters. The lowest BCUT2D eigenvalue weighted by Gasteiger charge is -2.25. The van der Waals surface area contributed by atoms with Crippen LogP contribution in [0.15, 0.2) is 30.3 Å². The topological polar surface area (TPSA) is 29.5 Å². The molecule has 3 nitrogen and oxygen atoms in total. The predicted molar refractivity (Wildman–Crippen MR) is 98.6 cm³/mol. The fourth-order valence-corrected chi connectivity index (χ4v) is 3.31. The number of carbonyl (C=O) groups excluding carboxylic acids is 1. The van der Waals surface area contributed by atoms with Crippen molar-refractivity contribution in [1.29, 1.82) is 0 Å². The molecule has 0 spiro atoms. The van der Waals surface area contributed by atoms with Gasteiger partial charge in [0, 0.05) is 26.0 Å². The average molecular weight is 332 g/mol. The summed E-state index contributed by atoms with van der Waals surface area (Å²) in [5, 5.41) is 0. The maximum Gasteiger partial charge on any atom is 0.225 e. The molecule has 24 heavy (non-hydrogen) atoms. The van der Waals surface area contributed by atoms with Crippen molar-refractivity contribution in [3.8, 4) is 0 Å². The van der Waals surface area contributed by atoms with Gasteiger partial charge in [-0.3, -0.25) is 4.79 Å². The molecule has 1 aromatic rings. The Kier molecular flexibility index (Phi) is 8.90. The van der Waals surface area contributed by atoms with E-state index < -0.39 is 0 Å². The van der Waals surface area contributed by atoms with E-state index in [0.29, 0.717) is 13.0 Å². The van der Waals surface area contributed by atoms with Gasteiger partial charge >= 0.3 is 0 Å². The SMILES string of the molecule is CCCCCCCCCCOC1CCC(=O)N1Cc1ccccc1. The van der Waals surface area contributed by atoms with E-state index in [2.05, 4.69) is 19.1 Å². The third kappa shape index (κ3) is 6.64. The zero-order valence-corrected chi connectivity index (χ0v) is 15.2. The van der Waals surface area contributed by atoms with Crippen LogP contribution in [-0.2, 0) is 16.1 Å². The number of unbranched alkanes of at least 4 members (excludes halogenated alkanes) is 7. The lowest BCUT2D eigenvalue weighted by atomic mass is 10.1. The zero-order valence-electron chi connectivity index (χ0n) is 15.2. The highest BCUT2D eigenvalue weighted by Gasteiger charge is 2.31. The van der Waals surface area contributed by atoms with Crippen molar-refractivity contribution in [2.24, 2.45) is 0 Å². The molecule has 0 aromatic heterocycles. The number of nitrogens with zero attached hydrogens (tertiary/aromatic N) is 1. The van der Waals surface area contributed by atoms with E-state index in [1.165, 1.54) is 50.5 Å². The quantitative estimate of drug-likeness (QED) is 0.487. The summed E-state index contributed by atoms with van der Waals surface area (Å²) in [6, 6.07) is 10.2. The van der Waals surface area contributed by atoms with Gasteiger partial charge < -0.3 is 9.64 Å². The van der Waals surface area contributed by atoms with Crippen molar-refractivity contribution in [1.82, 2.24) is 4.90 Å². The third-order valence-corrected chi connectivity index (χ3v) is 4.78. The van der Waals surface area contributed by atoms with Gasteiger partial charge in [-0.1, -0.05) is 82.2 Å². The van der Waals surface area contributed by atoms with Crippen LogP contribution in [0.1, 0.15) is 76.7 Å². The Labute approximate surface area is 147 Å². The first-order valence-corrected chi connectivity index (χ1v) is 9.76. The average Bonchev–Trinajstić information content (AvgIpc) is 2.95. The van der Waals surface area contributed by atoms with Gasteiger partial charge in [0.15, 0.2) is 0 Å². The van der Waals surface area contributed by atoms with Crippen LogP contribution in [0.4, 0.5) is 0 Å². The van der Waals surface area contributed by atoms with E-state index in [-0.39, 0.29) is 12.1 Å². The molecule has 134 valence electrons. The van der Waals surface area contributed by atoms with Crippen LogP contribution >= 0.6 is 0 Å². The molecule has 1 aromatic carbocycles. The van der Waals surface area contributed by atoms with Gasteiger partial charge in [0.2, 0.25) is 5.91 Å². The molecule has 0 saturated carbocycles. The predicted octanol–water partition coefficient (Wildman–Crippen LogP) is 5.29. The summed E-state index contributed by atoms with van der Waals surface area (Å²) >= 11 is 0. The molecule has 1 amide bonds. The van der Waals surface area contributed by atoms with E-state index in [1.54, 1.807) is 0 Å². The van der Waals surface area contributed by atoms with Crippen molar-refractivity contribution < 1.29 is 9.53 Å². The van der Waals surface area contributed by atoms with Crippen LogP contribution in [0.25, 0.3) is 0 Å². The van der Waals surface area contributed by atoms with Crippen molar-refractivity contribution in [2.45, 2.75) is 83.9 Å². The van der Waals surface area contributed by atoms with Crippen LogP contribution < -0.4 is 0 Å². The molecule has 0 radical (unpaired) electrons. The number of amides is 1. The summed E-state index contributed by atoms with van der Waals surface area (Å²) in [4.78, 5) is 14.0. The summed E-state index contributed by atoms with van der Waals surface area (Å²) in [5.74, 6) is 0.222. The second-order valence-electron chi connectivity index (χ2n) is 6.85.